The highest BCUT2D eigenvalue weighted by Gasteiger charge is 2.30. The Balaban J connectivity index is 1.64. The predicted molar refractivity (Wildman–Crippen MR) is 97.3 cm³/mol. The Morgan fingerprint density at radius 2 is 2.12 bits per heavy atom. The second-order valence-corrected chi connectivity index (χ2v) is 7.11. The maximum Gasteiger partial charge on any atom is 0.202 e. The van der Waals surface area contributed by atoms with Crippen LogP contribution >= 0.6 is 11.6 Å². The number of nitriles is 1. The molecule has 0 radical (unpaired) electrons. The smallest absolute Gasteiger partial charge is 0.202 e. The molecule has 3 heterocycles. The third-order valence-electron chi connectivity index (χ3n) is 4.83. The fourth-order valence-electron chi connectivity index (χ4n) is 3.13. The van der Waals surface area contributed by atoms with E-state index in [1.54, 1.807) is 6.20 Å². The van der Waals surface area contributed by atoms with Crippen molar-refractivity contribution in [1.82, 2.24) is 20.2 Å². The molecule has 4 rings (SSSR count). The molecule has 2 aromatic heterocycles. The number of halogens is 1. The number of fused-ring (bicyclic) bond motifs is 1. The lowest BCUT2D eigenvalue weighted by molar-refractivity contribution is 0.336. The highest BCUT2D eigenvalue weighted by molar-refractivity contribution is 6.30. The molecule has 0 aliphatic carbocycles. The highest BCUT2D eigenvalue weighted by Crippen LogP contribution is 2.32. The van der Waals surface area contributed by atoms with Crippen molar-refractivity contribution in [2.24, 2.45) is 5.41 Å². The predicted octanol–water partition coefficient (Wildman–Crippen LogP) is 3.80. The molecule has 1 N–H and O–H groups in total. The van der Waals surface area contributed by atoms with Gasteiger partial charge < -0.3 is 4.90 Å². The van der Waals surface area contributed by atoms with E-state index in [-0.39, 0.29) is 5.41 Å². The molecule has 0 unspecified atom stereocenters. The molecule has 1 aliphatic rings. The van der Waals surface area contributed by atoms with Gasteiger partial charge in [0.1, 0.15) is 11.3 Å². The summed E-state index contributed by atoms with van der Waals surface area (Å²) in [6, 6.07) is 9.98. The second-order valence-electron chi connectivity index (χ2n) is 6.67. The molecular formula is C18H17ClN6. The molecule has 1 aromatic carbocycles. The number of anilines is 1. The van der Waals surface area contributed by atoms with Gasteiger partial charge in [-0.1, -0.05) is 23.7 Å². The van der Waals surface area contributed by atoms with Crippen LogP contribution in [0, 0.1) is 16.7 Å². The van der Waals surface area contributed by atoms with Gasteiger partial charge in [0.15, 0.2) is 0 Å². The number of hydrogen-bond donors (Lipinski definition) is 1. The highest BCUT2D eigenvalue weighted by atomic mass is 35.5. The van der Waals surface area contributed by atoms with Crippen LogP contribution < -0.4 is 4.90 Å². The maximum absolute atomic E-state index is 9.26. The van der Waals surface area contributed by atoms with Crippen LogP contribution in [0.15, 0.2) is 30.5 Å². The zero-order valence-electron chi connectivity index (χ0n) is 13.8. The molecular weight excluding hydrogens is 336 g/mol. The number of aromatic nitrogens is 4. The number of aromatic amines is 1. The van der Waals surface area contributed by atoms with E-state index in [9.17, 15) is 5.26 Å². The Kier molecular flexibility index (Phi) is 3.81. The summed E-state index contributed by atoms with van der Waals surface area (Å²) in [7, 11) is 0. The zero-order valence-corrected chi connectivity index (χ0v) is 14.6. The normalized spacial score (nSPS) is 16.8. The average molecular weight is 353 g/mol. The molecule has 126 valence electrons. The van der Waals surface area contributed by atoms with Crippen molar-refractivity contribution in [3.63, 3.8) is 0 Å². The van der Waals surface area contributed by atoms with Crippen molar-refractivity contribution in [3.05, 3.63) is 35.5 Å². The second kappa shape index (κ2) is 6.01. The summed E-state index contributed by atoms with van der Waals surface area (Å²) in [5, 5.41) is 17.2. The molecule has 0 saturated carbocycles. The molecule has 1 aliphatic heterocycles. The molecule has 1 fully saturated rings. The molecule has 0 atom stereocenters. The van der Waals surface area contributed by atoms with Gasteiger partial charge in [0.2, 0.25) is 5.65 Å². The molecule has 6 nitrogen and oxygen atoms in total. The quantitative estimate of drug-likeness (QED) is 0.758. The number of nitrogens with one attached hydrogen (secondary N) is 1. The van der Waals surface area contributed by atoms with Crippen molar-refractivity contribution in [2.75, 3.05) is 18.0 Å². The first-order valence-corrected chi connectivity index (χ1v) is 8.59. The zero-order chi connectivity index (χ0) is 17.4. The van der Waals surface area contributed by atoms with Crippen LogP contribution in [0.2, 0.25) is 5.02 Å². The summed E-state index contributed by atoms with van der Waals surface area (Å²) < 4.78 is 0. The van der Waals surface area contributed by atoms with Crippen LogP contribution in [0.3, 0.4) is 0 Å². The minimum absolute atomic E-state index is 0.236. The Morgan fingerprint density at radius 3 is 2.84 bits per heavy atom. The first kappa shape index (κ1) is 15.9. The van der Waals surface area contributed by atoms with Gasteiger partial charge in [-0.05, 0) is 31.9 Å². The number of piperidine rings is 1. The van der Waals surface area contributed by atoms with Crippen LogP contribution in [0.1, 0.15) is 19.8 Å². The number of rotatable bonds is 2. The summed E-state index contributed by atoms with van der Waals surface area (Å²) in [5.74, 6) is 0.802. The first-order valence-electron chi connectivity index (χ1n) is 8.21. The van der Waals surface area contributed by atoms with E-state index in [0.717, 1.165) is 48.5 Å². The third-order valence-corrected chi connectivity index (χ3v) is 5.06. The fraction of sp³-hybridized carbons (Fsp3) is 0.333. The minimum Gasteiger partial charge on any atom is -0.355 e. The molecule has 7 heteroatoms. The van der Waals surface area contributed by atoms with Crippen LogP contribution in [-0.2, 0) is 0 Å². The van der Waals surface area contributed by atoms with E-state index in [1.807, 2.05) is 31.2 Å². The Hall–Kier alpha value is -2.65. The van der Waals surface area contributed by atoms with Gasteiger partial charge in [-0.25, -0.2) is 9.97 Å². The van der Waals surface area contributed by atoms with Crippen LogP contribution in [0.25, 0.3) is 22.4 Å². The number of H-pyrrole nitrogens is 1. The van der Waals surface area contributed by atoms with Crippen LogP contribution in [-0.4, -0.2) is 33.3 Å². The monoisotopic (exact) mass is 352 g/mol. The van der Waals surface area contributed by atoms with Crippen molar-refractivity contribution in [2.45, 2.75) is 19.8 Å². The SMILES string of the molecule is CC1(C#N)CCN(c2cnc3c(-c4cccc(Cl)c4)[nH]nc3n2)CC1. The molecule has 3 aromatic rings. The van der Waals surface area contributed by atoms with Gasteiger partial charge in [-0.15, -0.1) is 0 Å². The summed E-state index contributed by atoms with van der Waals surface area (Å²) >= 11 is 6.07. The summed E-state index contributed by atoms with van der Waals surface area (Å²) in [6.45, 7) is 3.62. The molecule has 0 amide bonds. The lowest BCUT2D eigenvalue weighted by Crippen LogP contribution is -2.38. The Bertz CT molecular complexity index is 965. The Morgan fingerprint density at radius 1 is 1.32 bits per heavy atom. The molecule has 1 saturated heterocycles. The fourth-order valence-corrected chi connectivity index (χ4v) is 3.32. The lowest BCUT2D eigenvalue weighted by atomic mass is 9.82. The maximum atomic E-state index is 9.26. The molecule has 0 spiro atoms. The largest absolute Gasteiger partial charge is 0.355 e. The van der Waals surface area contributed by atoms with Crippen molar-refractivity contribution < 1.29 is 0 Å². The number of benzene rings is 1. The topological polar surface area (TPSA) is 81.5 Å². The van der Waals surface area contributed by atoms with Crippen LogP contribution in [0.5, 0.6) is 0 Å². The van der Waals surface area contributed by atoms with E-state index in [0.29, 0.717) is 10.7 Å². The van der Waals surface area contributed by atoms with Crippen molar-refractivity contribution in [1.29, 1.82) is 5.26 Å². The summed E-state index contributed by atoms with van der Waals surface area (Å²) in [6.07, 6.45) is 3.44. The van der Waals surface area contributed by atoms with E-state index >= 15 is 0 Å². The Labute approximate surface area is 150 Å². The van der Waals surface area contributed by atoms with E-state index in [4.69, 9.17) is 11.6 Å². The van der Waals surface area contributed by atoms with Gasteiger partial charge in [-0.3, -0.25) is 5.10 Å². The van der Waals surface area contributed by atoms with Gasteiger partial charge in [0.05, 0.1) is 23.4 Å². The number of hydrogen-bond acceptors (Lipinski definition) is 5. The lowest BCUT2D eigenvalue weighted by Gasteiger charge is -2.35. The average Bonchev–Trinajstić information content (AvgIpc) is 3.05. The van der Waals surface area contributed by atoms with E-state index in [2.05, 4.69) is 31.1 Å². The van der Waals surface area contributed by atoms with Gasteiger partial charge in [0.25, 0.3) is 0 Å². The summed E-state index contributed by atoms with van der Waals surface area (Å²) in [4.78, 5) is 11.4. The van der Waals surface area contributed by atoms with E-state index < -0.39 is 0 Å². The summed E-state index contributed by atoms with van der Waals surface area (Å²) in [5.41, 5.74) is 2.82. The third kappa shape index (κ3) is 2.92. The van der Waals surface area contributed by atoms with Gasteiger partial charge >= 0.3 is 0 Å². The number of nitrogens with zero attached hydrogens (tertiary/aromatic N) is 5. The van der Waals surface area contributed by atoms with Crippen LogP contribution in [0.4, 0.5) is 5.82 Å². The molecule has 0 bridgehead atoms. The van der Waals surface area contributed by atoms with E-state index in [1.165, 1.54) is 0 Å². The van der Waals surface area contributed by atoms with Crippen molar-refractivity contribution >= 4 is 28.6 Å². The minimum atomic E-state index is -0.236. The standard InChI is InChI=1S/C18H17ClN6/c1-18(11-20)5-7-25(8-6-18)14-10-21-16-15(23-24-17(16)22-14)12-3-2-4-13(19)9-12/h2-4,9-10H,5-8H2,1H3,(H,22,23,24). The first-order chi connectivity index (χ1) is 12.1. The van der Waals surface area contributed by atoms with Crippen molar-refractivity contribution in [3.8, 4) is 17.3 Å². The molecule has 25 heavy (non-hydrogen) atoms. The van der Waals surface area contributed by atoms with Gasteiger partial charge in [-0.2, -0.15) is 10.4 Å². The van der Waals surface area contributed by atoms with Gasteiger partial charge in [0, 0.05) is 23.7 Å².